The van der Waals surface area contributed by atoms with Gasteiger partial charge in [0, 0.05) is 17.5 Å². The zero-order valence-corrected chi connectivity index (χ0v) is 19.2. The van der Waals surface area contributed by atoms with Gasteiger partial charge in [-0.25, -0.2) is 9.18 Å². The Labute approximate surface area is 195 Å². The minimum absolute atomic E-state index is 0.0477. The van der Waals surface area contributed by atoms with Crippen LogP contribution in [0.5, 0.6) is 5.75 Å². The van der Waals surface area contributed by atoms with E-state index in [-0.39, 0.29) is 11.3 Å². The first-order valence-electron chi connectivity index (χ1n) is 11.9. The SMILES string of the molecule is CCCCCCCCCC1COC(c2ccc(C(=O)Oc3ccc(C#N)c(F)c3)cc2)OC1. The van der Waals surface area contributed by atoms with Gasteiger partial charge < -0.3 is 14.2 Å². The van der Waals surface area contributed by atoms with Crippen molar-refractivity contribution < 1.29 is 23.4 Å². The lowest BCUT2D eigenvalue weighted by atomic mass is 10.0. The number of unbranched alkanes of at least 4 members (excludes halogenated alkanes) is 6. The topological polar surface area (TPSA) is 68.5 Å². The van der Waals surface area contributed by atoms with E-state index in [0.29, 0.717) is 24.7 Å². The third-order valence-electron chi connectivity index (χ3n) is 5.87. The molecule has 0 saturated carbocycles. The van der Waals surface area contributed by atoms with Crippen LogP contribution in [0, 0.1) is 23.1 Å². The van der Waals surface area contributed by atoms with Crippen LogP contribution < -0.4 is 4.74 Å². The second-order valence-corrected chi connectivity index (χ2v) is 8.54. The molecular formula is C27H32FNO4. The maximum atomic E-state index is 13.7. The van der Waals surface area contributed by atoms with Crippen LogP contribution in [-0.4, -0.2) is 19.2 Å². The lowest BCUT2D eigenvalue weighted by molar-refractivity contribution is -0.206. The molecule has 2 aromatic rings. The van der Waals surface area contributed by atoms with E-state index < -0.39 is 18.1 Å². The molecule has 0 bridgehead atoms. The van der Waals surface area contributed by atoms with Crippen LogP contribution in [0.3, 0.4) is 0 Å². The lowest BCUT2D eigenvalue weighted by Crippen LogP contribution is -2.27. The summed E-state index contributed by atoms with van der Waals surface area (Å²) in [4.78, 5) is 12.3. The quantitative estimate of drug-likeness (QED) is 0.215. The summed E-state index contributed by atoms with van der Waals surface area (Å²) in [6.07, 6.45) is 9.79. The molecule has 176 valence electrons. The van der Waals surface area contributed by atoms with Gasteiger partial charge in [-0.15, -0.1) is 0 Å². The van der Waals surface area contributed by atoms with Crippen molar-refractivity contribution >= 4 is 5.97 Å². The summed E-state index contributed by atoms with van der Waals surface area (Å²) in [6.45, 7) is 3.59. The summed E-state index contributed by atoms with van der Waals surface area (Å²) in [5, 5.41) is 8.78. The Morgan fingerprint density at radius 3 is 2.33 bits per heavy atom. The van der Waals surface area contributed by atoms with Crippen LogP contribution >= 0.6 is 0 Å². The van der Waals surface area contributed by atoms with Crippen LogP contribution in [0.25, 0.3) is 0 Å². The van der Waals surface area contributed by atoms with Crippen LogP contribution in [0.2, 0.25) is 0 Å². The first-order chi connectivity index (χ1) is 16.1. The Morgan fingerprint density at radius 2 is 1.70 bits per heavy atom. The monoisotopic (exact) mass is 453 g/mol. The summed E-state index contributed by atoms with van der Waals surface area (Å²) < 4.78 is 30.7. The third-order valence-corrected chi connectivity index (χ3v) is 5.87. The molecule has 0 spiro atoms. The van der Waals surface area contributed by atoms with Crippen molar-refractivity contribution in [2.24, 2.45) is 5.92 Å². The first-order valence-corrected chi connectivity index (χ1v) is 11.9. The van der Waals surface area contributed by atoms with Gasteiger partial charge >= 0.3 is 5.97 Å². The van der Waals surface area contributed by atoms with Crippen LogP contribution in [-0.2, 0) is 9.47 Å². The molecule has 1 heterocycles. The van der Waals surface area contributed by atoms with Crippen molar-refractivity contribution in [1.82, 2.24) is 0 Å². The minimum atomic E-state index is -0.727. The summed E-state index contributed by atoms with van der Waals surface area (Å²) in [5.41, 5.74) is 1.07. The van der Waals surface area contributed by atoms with Crippen molar-refractivity contribution in [3.8, 4) is 11.8 Å². The Balaban J connectivity index is 1.41. The predicted molar refractivity (Wildman–Crippen MR) is 123 cm³/mol. The molecule has 0 N–H and O–H groups in total. The van der Waals surface area contributed by atoms with Gasteiger partial charge in [0.15, 0.2) is 6.29 Å². The summed E-state index contributed by atoms with van der Waals surface area (Å²) in [5.74, 6) is -0.855. The normalized spacial score (nSPS) is 18.0. The Morgan fingerprint density at radius 1 is 1.03 bits per heavy atom. The van der Waals surface area contributed by atoms with Crippen LogP contribution in [0.15, 0.2) is 42.5 Å². The molecule has 0 unspecified atom stereocenters. The van der Waals surface area contributed by atoms with Gasteiger partial charge in [-0.2, -0.15) is 5.26 Å². The van der Waals surface area contributed by atoms with E-state index in [1.807, 2.05) is 0 Å². The van der Waals surface area contributed by atoms with E-state index in [1.54, 1.807) is 30.3 Å². The highest BCUT2D eigenvalue weighted by Crippen LogP contribution is 2.28. The number of hydrogen-bond acceptors (Lipinski definition) is 5. The average Bonchev–Trinajstić information content (AvgIpc) is 2.84. The second kappa shape index (κ2) is 13.1. The number of nitriles is 1. The standard InChI is InChI=1S/C27H32FNO4/c1-2-3-4-5-6-7-8-9-20-18-31-27(32-19-20)22-12-10-21(11-13-22)26(30)33-24-15-14-23(17-29)25(28)16-24/h10-16,20,27H,2-9,18-19H2,1H3. The van der Waals surface area contributed by atoms with Crippen LogP contribution in [0.4, 0.5) is 4.39 Å². The Kier molecular flexibility index (Phi) is 9.86. The molecule has 1 saturated heterocycles. The number of rotatable bonds is 11. The molecule has 33 heavy (non-hydrogen) atoms. The lowest BCUT2D eigenvalue weighted by Gasteiger charge is -2.29. The summed E-state index contributed by atoms with van der Waals surface area (Å²) in [7, 11) is 0. The van der Waals surface area contributed by atoms with Gasteiger partial charge in [-0.3, -0.25) is 0 Å². The van der Waals surface area contributed by atoms with E-state index in [4.69, 9.17) is 19.5 Å². The van der Waals surface area contributed by atoms with E-state index in [1.165, 1.54) is 57.1 Å². The largest absolute Gasteiger partial charge is 0.423 e. The van der Waals surface area contributed by atoms with E-state index in [2.05, 4.69) is 6.92 Å². The van der Waals surface area contributed by atoms with Crippen molar-refractivity contribution in [3.63, 3.8) is 0 Å². The number of benzene rings is 2. The number of hydrogen-bond donors (Lipinski definition) is 0. The molecule has 2 aromatic carbocycles. The number of esters is 1. The number of ether oxygens (including phenoxy) is 3. The van der Waals surface area contributed by atoms with Gasteiger partial charge in [0.05, 0.1) is 24.3 Å². The number of carbonyl (C=O) groups is 1. The molecule has 0 atom stereocenters. The maximum absolute atomic E-state index is 13.7. The van der Waals surface area contributed by atoms with E-state index >= 15 is 0 Å². The number of carbonyl (C=O) groups excluding carboxylic acids is 1. The zero-order chi connectivity index (χ0) is 23.5. The first kappa shape index (κ1) is 24.9. The number of nitrogens with zero attached hydrogens (tertiary/aromatic N) is 1. The van der Waals surface area contributed by atoms with Gasteiger partial charge in [0.2, 0.25) is 0 Å². The molecule has 1 aliphatic heterocycles. The van der Waals surface area contributed by atoms with E-state index in [0.717, 1.165) is 18.1 Å². The smallest absolute Gasteiger partial charge is 0.343 e. The fourth-order valence-corrected chi connectivity index (χ4v) is 3.88. The average molecular weight is 454 g/mol. The molecule has 1 fully saturated rings. The molecule has 0 radical (unpaired) electrons. The molecule has 3 rings (SSSR count). The highest BCUT2D eigenvalue weighted by atomic mass is 19.1. The van der Waals surface area contributed by atoms with Crippen molar-refractivity contribution in [1.29, 1.82) is 5.26 Å². The van der Waals surface area contributed by atoms with Gasteiger partial charge in [-0.1, -0.05) is 64.0 Å². The van der Waals surface area contributed by atoms with Crippen molar-refractivity contribution in [2.75, 3.05) is 13.2 Å². The van der Waals surface area contributed by atoms with Gasteiger partial charge in [0.25, 0.3) is 0 Å². The molecular weight excluding hydrogens is 421 g/mol. The molecule has 6 heteroatoms. The summed E-state index contributed by atoms with van der Waals surface area (Å²) in [6, 6.07) is 12.2. The summed E-state index contributed by atoms with van der Waals surface area (Å²) >= 11 is 0. The van der Waals surface area contributed by atoms with Crippen molar-refractivity contribution in [3.05, 3.63) is 65.0 Å². The predicted octanol–water partition coefficient (Wildman–Crippen LogP) is 6.72. The maximum Gasteiger partial charge on any atom is 0.343 e. The van der Waals surface area contributed by atoms with E-state index in [9.17, 15) is 9.18 Å². The fourth-order valence-electron chi connectivity index (χ4n) is 3.88. The highest BCUT2D eigenvalue weighted by molar-refractivity contribution is 5.91. The molecule has 0 aromatic heterocycles. The molecule has 0 aliphatic carbocycles. The Hall–Kier alpha value is -2.75. The molecule has 1 aliphatic rings. The van der Waals surface area contributed by atoms with Crippen LogP contribution in [0.1, 0.15) is 86.1 Å². The molecule has 0 amide bonds. The Bertz CT molecular complexity index is 930. The third kappa shape index (κ3) is 7.66. The van der Waals surface area contributed by atoms with Crippen molar-refractivity contribution in [2.45, 2.75) is 64.6 Å². The fraction of sp³-hybridized carbons (Fsp3) is 0.481. The minimum Gasteiger partial charge on any atom is -0.423 e. The van der Waals surface area contributed by atoms with Gasteiger partial charge in [-0.05, 0) is 30.7 Å². The zero-order valence-electron chi connectivity index (χ0n) is 19.2. The molecule has 5 nitrogen and oxygen atoms in total. The second-order valence-electron chi connectivity index (χ2n) is 8.54. The number of halogens is 1. The van der Waals surface area contributed by atoms with Gasteiger partial charge in [0.1, 0.15) is 17.6 Å². The highest BCUT2D eigenvalue weighted by Gasteiger charge is 2.23.